The third-order valence-electron chi connectivity index (χ3n) is 2.85. The number of methoxy groups -OCH3 is 1. The molecule has 1 rings (SSSR count). The lowest BCUT2D eigenvalue weighted by molar-refractivity contribution is -0.136. The van der Waals surface area contributed by atoms with Gasteiger partial charge < -0.3 is 9.84 Å². The number of benzene rings is 1. The van der Waals surface area contributed by atoms with Gasteiger partial charge in [-0.25, -0.2) is 8.42 Å². The molecule has 20 heavy (non-hydrogen) atoms. The zero-order valence-corrected chi connectivity index (χ0v) is 12.0. The van der Waals surface area contributed by atoms with Crippen LogP contribution in [0, 0.1) is 11.3 Å². The molecule has 108 valence electrons. The number of carbonyl (C=O) groups is 1. The van der Waals surface area contributed by atoms with Crippen LogP contribution in [0.3, 0.4) is 0 Å². The number of hydrogen-bond acceptors (Lipinski definition) is 5. The van der Waals surface area contributed by atoms with Crippen LogP contribution in [0.5, 0.6) is 5.75 Å². The molecule has 0 aliphatic rings. The van der Waals surface area contributed by atoms with Gasteiger partial charge in [0.05, 0.1) is 24.5 Å². The van der Waals surface area contributed by atoms with E-state index < -0.39 is 26.8 Å². The summed E-state index contributed by atoms with van der Waals surface area (Å²) in [6.07, 6.45) is -0.0159. The van der Waals surface area contributed by atoms with Gasteiger partial charge in [0.15, 0.2) is 15.1 Å². The predicted molar refractivity (Wildman–Crippen MR) is 72.0 cm³/mol. The minimum atomic E-state index is -3.87. The molecule has 0 saturated carbocycles. The third-order valence-corrected chi connectivity index (χ3v) is 4.96. The molecule has 0 aliphatic heterocycles. The summed E-state index contributed by atoms with van der Waals surface area (Å²) in [6, 6.07) is 6.29. The van der Waals surface area contributed by atoms with Crippen molar-refractivity contribution in [2.24, 2.45) is 0 Å². The van der Waals surface area contributed by atoms with Gasteiger partial charge >= 0.3 is 5.97 Å². The van der Waals surface area contributed by atoms with Gasteiger partial charge in [-0.3, -0.25) is 4.79 Å². The van der Waals surface area contributed by atoms with Crippen molar-refractivity contribution in [2.45, 2.75) is 24.3 Å². The van der Waals surface area contributed by atoms with Gasteiger partial charge in [0.2, 0.25) is 0 Å². The molecule has 0 fully saturated rings. The van der Waals surface area contributed by atoms with Gasteiger partial charge in [-0.05, 0) is 24.6 Å². The second-order valence-electron chi connectivity index (χ2n) is 4.18. The number of hydrogen-bond donors (Lipinski definition) is 1. The molecule has 1 aromatic carbocycles. The molecule has 0 bridgehead atoms. The maximum atomic E-state index is 12.1. The first-order chi connectivity index (χ1) is 9.35. The van der Waals surface area contributed by atoms with E-state index in [4.69, 9.17) is 15.1 Å². The lowest BCUT2D eigenvalue weighted by atomic mass is 10.1. The molecule has 6 nitrogen and oxygen atoms in total. The highest BCUT2D eigenvalue weighted by Crippen LogP contribution is 2.24. The molecule has 0 amide bonds. The number of ether oxygens (including phenoxy) is 1. The fourth-order valence-corrected chi connectivity index (χ4v) is 3.54. The average Bonchev–Trinajstić information content (AvgIpc) is 2.37. The number of nitrogens with zero attached hydrogens (tertiary/aromatic N) is 1. The minimum absolute atomic E-state index is 0.0159. The number of nitriles is 1. The Kier molecular flexibility index (Phi) is 5.11. The lowest BCUT2D eigenvalue weighted by Gasteiger charge is -2.13. The van der Waals surface area contributed by atoms with Crippen molar-refractivity contribution < 1.29 is 23.1 Å². The van der Waals surface area contributed by atoms with Crippen LogP contribution in [0.1, 0.15) is 24.5 Å². The molecule has 7 heteroatoms. The minimum Gasteiger partial charge on any atom is -0.496 e. The van der Waals surface area contributed by atoms with Crippen LogP contribution < -0.4 is 4.74 Å². The highest BCUT2D eigenvalue weighted by molar-refractivity contribution is 7.92. The SMILES string of the molecule is CCC(C(=O)O)S(=O)(=O)Cc1cc(C#N)ccc1OC. The number of rotatable bonds is 6. The molecule has 1 N–H and O–H groups in total. The number of sulfone groups is 1. The summed E-state index contributed by atoms with van der Waals surface area (Å²) in [7, 11) is -2.49. The van der Waals surface area contributed by atoms with Gasteiger partial charge in [-0.15, -0.1) is 0 Å². The summed E-state index contributed by atoms with van der Waals surface area (Å²) in [4.78, 5) is 11.0. The number of carboxylic acid groups (broad SMARTS) is 1. The van der Waals surface area contributed by atoms with Crippen molar-refractivity contribution in [3.8, 4) is 11.8 Å². The van der Waals surface area contributed by atoms with Crippen LogP contribution in [0.25, 0.3) is 0 Å². The van der Waals surface area contributed by atoms with Gasteiger partial charge in [-0.1, -0.05) is 6.92 Å². The highest BCUT2D eigenvalue weighted by atomic mass is 32.2. The summed E-state index contributed by atoms with van der Waals surface area (Å²) in [5.41, 5.74) is 0.575. The second-order valence-corrected chi connectivity index (χ2v) is 6.36. The second kappa shape index (κ2) is 6.39. The topological polar surface area (TPSA) is 104 Å². The van der Waals surface area contributed by atoms with E-state index in [1.54, 1.807) is 0 Å². The standard InChI is InChI=1S/C13H15NO5S/c1-3-12(13(15)16)20(17,18)8-10-6-9(7-14)4-5-11(10)19-2/h4-6,12H,3,8H2,1-2H3,(H,15,16). The summed E-state index contributed by atoms with van der Waals surface area (Å²) in [5.74, 6) is -1.54. The molecule has 0 spiro atoms. The van der Waals surface area contributed by atoms with E-state index in [2.05, 4.69) is 0 Å². The lowest BCUT2D eigenvalue weighted by Crippen LogP contribution is -2.30. The number of carboxylic acids is 1. The van der Waals surface area contributed by atoms with E-state index in [1.807, 2.05) is 6.07 Å². The Morgan fingerprint density at radius 2 is 2.15 bits per heavy atom. The smallest absolute Gasteiger partial charge is 0.321 e. The van der Waals surface area contributed by atoms with Crippen LogP contribution in [0.2, 0.25) is 0 Å². The van der Waals surface area contributed by atoms with Crippen molar-refractivity contribution in [2.75, 3.05) is 7.11 Å². The van der Waals surface area contributed by atoms with E-state index in [9.17, 15) is 13.2 Å². The first kappa shape index (κ1) is 16.0. The maximum absolute atomic E-state index is 12.1. The van der Waals surface area contributed by atoms with Gasteiger partial charge in [0.1, 0.15) is 5.75 Å². The largest absolute Gasteiger partial charge is 0.496 e. The summed E-state index contributed by atoms with van der Waals surface area (Å²) in [6.45, 7) is 1.50. The first-order valence-corrected chi connectivity index (χ1v) is 7.58. The third kappa shape index (κ3) is 3.48. The van der Waals surface area contributed by atoms with Gasteiger partial charge in [0.25, 0.3) is 0 Å². The quantitative estimate of drug-likeness (QED) is 0.849. The van der Waals surface area contributed by atoms with Crippen molar-refractivity contribution in [3.05, 3.63) is 29.3 Å². The van der Waals surface area contributed by atoms with Crippen LogP contribution >= 0.6 is 0 Å². The summed E-state index contributed by atoms with van der Waals surface area (Å²) < 4.78 is 29.3. The van der Waals surface area contributed by atoms with Crippen LogP contribution in [-0.2, 0) is 20.4 Å². The Bertz CT molecular complexity index is 645. The van der Waals surface area contributed by atoms with Gasteiger partial charge in [-0.2, -0.15) is 5.26 Å². The fraction of sp³-hybridized carbons (Fsp3) is 0.385. The van der Waals surface area contributed by atoms with E-state index in [1.165, 1.54) is 32.2 Å². The molecule has 1 atom stereocenters. The van der Waals surface area contributed by atoms with Crippen molar-refractivity contribution >= 4 is 15.8 Å². The normalized spacial score (nSPS) is 12.4. The van der Waals surface area contributed by atoms with E-state index in [-0.39, 0.29) is 12.0 Å². The Morgan fingerprint density at radius 3 is 2.60 bits per heavy atom. The van der Waals surface area contributed by atoms with E-state index in [0.717, 1.165) is 0 Å². The summed E-state index contributed by atoms with van der Waals surface area (Å²) in [5, 5.41) is 16.3. The molecule has 0 aliphatic carbocycles. The Hall–Kier alpha value is -2.07. The predicted octanol–water partition coefficient (Wildman–Crippen LogP) is 1.34. The Balaban J connectivity index is 3.21. The van der Waals surface area contributed by atoms with Crippen molar-refractivity contribution in [1.82, 2.24) is 0 Å². The molecular weight excluding hydrogens is 282 g/mol. The van der Waals surface area contributed by atoms with Gasteiger partial charge in [0, 0.05) is 5.56 Å². The fourth-order valence-electron chi connectivity index (χ4n) is 1.86. The van der Waals surface area contributed by atoms with Crippen LogP contribution in [0.15, 0.2) is 18.2 Å². The molecule has 1 aromatic rings. The molecule has 1 unspecified atom stereocenters. The molecular formula is C13H15NO5S. The molecule has 0 heterocycles. The molecule has 0 aromatic heterocycles. The number of aliphatic carboxylic acids is 1. The highest BCUT2D eigenvalue weighted by Gasteiger charge is 2.31. The Labute approximate surface area is 117 Å². The first-order valence-electron chi connectivity index (χ1n) is 5.87. The maximum Gasteiger partial charge on any atom is 0.321 e. The molecule has 0 radical (unpaired) electrons. The van der Waals surface area contributed by atoms with Crippen LogP contribution in [-0.4, -0.2) is 31.9 Å². The summed E-state index contributed by atoms with van der Waals surface area (Å²) >= 11 is 0. The van der Waals surface area contributed by atoms with E-state index in [0.29, 0.717) is 11.3 Å². The average molecular weight is 297 g/mol. The zero-order valence-electron chi connectivity index (χ0n) is 11.2. The Morgan fingerprint density at radius 1 is 1.50 bits per heavy atom. The van der Waals surface area contributed by atoms with Crippen molar-refractivity contribution in [3.63, 3.8) is 0 Å². The zero-order chi connectivity index (χ0) is 15.3. The monoisotopic (exact) mass is 297 g/mol. The molecule has 0 saturated heterocycles. The van der Waals surface area contributed by atoms with E-state index >= 15 is 0 Å². The van der Waals surface area contributed by atoms with Crippen LogP contribution in [0.4, 0.5) is 0 Å². The van der Waals surface area contributed by atoms with Crippen molar-refractivity contribution in [1.29, 1.82) is 5.26 Å².